The van der Waals surface area contributed by atoms with Gasteiger partial charge < -0.3 is 5.32 Å². The van der Waals surface area contributed by atoms with Crippen molar-refractivity contribution in [1.82, 2.24) is 5.32 Å². The highest BCUT2D eigenvalue weighted by Gasteiger charge is 2.59. The first-order valence-corrected chi connectivity index (χ1v) is 12.2. The van der Waals surface area contributed by atoms with Gasteiger partial charge in [0.05, 0.1) is 0 Å². The van der Waals surface area contributed by atoms with Crippen LogP contribution in [0.5, 0.6) is 0 Å². The molecule has 158 valence electrons. The lowest BCUT2D eigenvalue weighted by Gasteiger charge is -2.58. The van der Waals surface area contributed by atoms with Crippen molar-refractivity contribution >= 4 is 5.78 Å². The summed E-state index contributed by atoms with van der Waals surface area (Å²) in [6.07, 6.45) is 13.6. The van der Waals surface area contributed by atoms with Crippen LogP contribution in [0.25, 0.3) is 0 Å². The van der Waals surface area contributed by atoms with Gasteiger partial charge >= 0.3 is 0 Å². The molecular formula is C26H43NO. The number of carbonyl (C=O) groups excluding carboxylic acids is 1. The van der Waals surface area contributed by atoms with Crippen molar-refractivity contribution in [2.24, 2.45) is 46.3 Å². The molecule has 0 bridgehead atoms. The summed E-state index contributed by atoms with van der Waals surface area (Å²) in [7, 11) is 0. The van der Waals surface area contributed by atoms with Crippen LogP contribution in [0, 0.1) is 46.3 Å². The molecule has 7 atom stereocenters. The minimum absolute atomic E-state index is 0.221. The summed E-state index contributed by atoms with van der Waals surface area (Å²) in [5.74, 6) is 5.43. The molecule has 2 heteroatoms. The summed E-state index contributed by atoms with van der Waals surface area (Å²) in [4.78, 5) is 12.0. The second-order valence-corrected chi connectivity index (χ2v) is 11.7. The Morgan fingerprint density at radius 3 is 2.61 bits per heavy atom. The average molecular weight is 386 g/mol. The van der Waals surface area contributed by atoms with Gasteiger partial charge in [0.15, 0.2) is 5.78 Å². The maximum absolute atomic E-state index is 12.0. The van der Waals surface area contributed by atoms with Gasteiger partial charge in [-0.2, -0.15) is 0 Å². The van der Waals surface area contributed by atoms with Crippen LogP contribution in [-0.4, -0.2) is 12.3 Å². The molecule has 2 nitrogen and oxygen atoms in total. The molecule has 1 saturated heterocycles. The molecule has 0 spiro atoms. The van der Waals surface area contributed by atoms with E-state index >= 15 is 0 Å². The van der Waals surface area contributed by atoms with Gasteiger partial charge in [0.2, 0.25) is 0 Å². The number of rotatable bonds is 5. The van der Waals surface area contributed by atoms with Gasteiger partial charge in [-0.3, -0.25) is 4.79 Å². The number of allylic oxidation sites excluding steroid dienone is 2. The van der Waals surface area contributed by atoms with Gasteiger partial charge in [0, 0.05) is 30.2 Å². The molecule has 4 rings (SSSR count). The van der Waals surface area contributed by atoms with Crippen LogP contribution in [-0.2, 0) is 4.79 Å². The van der Waals surface area contributed by atoms with E-state index in [-0.39, 0.29) is 5.41 Å². The van der Waals surface area contributed by atoms with Crippen LogP contribution in [0.15, 0.2) is 11.8 Å². The van der Waals surface area contributed by atoms with E-state index in [1.165, 1.54) is 50.6 Å². The molecule has 2 saturated carbocycles. The first-order valence-electron chi connectivity index (χ1n) is 12.2. The van der Waals surface area contributed by atoms with Crippen molar-refractivity contribution in [3.63, 3.8) is 0 Å². The van der Waals surface area contributed by atoms with Crippen molar-refractivity contribution in [2.75, 3.05) is 6.54 Å². The zero-order valence-corrected chi connectivity index (χ0v) is 19.0. The SMILES string of the molecule is CC(C)CCC[C@@H](C)[C@H]1CCC2C3CNC4=CC(=O)CC[C@]4(C)C3CC[C@@]21C. The van der Waals surface area contributed by atoms with Gasteiger partial charge in [-0.15, -0.1) is 0 Å². The minimum Gasteiger partial charge on any atom is -0.387 e. The summed E-state index contributed by atoms with van der Waals surface area (Å²) in [5, 5.41) is 3.75. The highest BCUT2D eigenvalue weighted by Crippen LogP contribution is 2.65. The van der Waals surface area contributed by atoms with E-state index in [0.29, 0.717) is 11.2 Å². The van der Waals surface area contributed by atoms with E-state index in [4.69, 9.17) is 0 Å². The van der Waals surface area contributed by atoms with Crippen LogP contribution in [0.2, 0.25) is 0 Å². The van der Waals surface area contributed by atoms with E-state index in [9.17, 15) is 4.79 Å². The second kappa shape index (κ2) is 7.47. The normalized spacial score (nSPS) is 43.6. The molecule has 3 aliphatic carbocycles. The lowest BCUT2D eigenvalue weighted by molar-refractivity contribution is -0.117. The van der Waals surface area contributed by atoms with Gasteiger partial charge in [-0.1, -0.05) is 53.9 Å². The van der Waals surface area contributed by atoms with Crippen molar-refractivity contribution in [3.8, 4) is 0 Å². The Morgan fingerprint density at radius 1 is 1.07 bits per heavy atom. The fraction of sp³-hybridized carbons (Fsp3) is 0.885. The quantitative estimate of drug-likeness (QED) is 0.596. The highest BCUT2D eigenvalue weighted by atomic mass is 16.1. The second-order valence-electron chi connectivity index (χ2n) is 11.7. The predicted octanol–water partition coefficient (Wildman–Crippen LogP) is 6.36. The third-order valence-electron chi connectivity index (χ3n) is 9.80. The van der Waals surface area contributed by atoms with Crippen LogP contribution in [0.1, 0.15) is 92.4 Å². The number of nitrogens with one attached hydrogen (secondary N) is 1. The average Bonchev–Trinajstić information content (AvgIpc) is 2.99. The van der Waals surface area contributed by atoms with E-state index < -0.39 is 0 Å². The third kappa shape index (κ3) is 3.27. The summed E-state index contributed by atoms with van der Waals surface area (Å²) >= 11 is 0. The smallest absolute Gasteiger partial charge is 0.157 e. The highest BCUT2D eigenvalue weighted by molar-refractivity contribution is 5.91. The Hall–Kier alpha value is -0.790. The summed E-state index contributed by atoms with van der Waals surface area (Å²) in [6.45, 7) is 13.5. The van der Waals surface area contributed by atoms with Crippen molar-refractivity contribution in [3.05, 3.63) is 11.8 Å². The lowest BCUT2D eigenvalue weighted by Crippen LogP contribution is -2.56. The summed E-state index contributed by atoms with van der Waals surface area (Å²) in [6, 6.07) is 0. The summed E-state index contributed by atoms with van der Waals surface area (Å²) in [5.41, 5.74) is 2.03. The van der Waals surface area contributed by atoms with E-state index in [0.717, 1.165) is 54.9 Å². The van der Waals surface area contributed by atoms with E-state index in [2.05, 4.69) is 39.9 Å². The molecule has 1 heterocycles. The zero-order chi connectivity index (χ0) is 20.1. The Kier molecular flexibility index (Phi) is 5.47. The number of ketones is 1. The van der Waals surface area contributed by atoms with Gasteiger partial charge in [0.1, 0.15) is 0 Å². The number of piperidine rings is 1. The molecule has 0 aromatic rings. The van der Waals surface area contributed by atoms with Crippen LogP contribution >= 0.6 is 0 Å². The molecule has 1 aliphatic heterocycles. The fourth-order valence-electron chi connectivity index (χ4n) is 8.17. The van der Waals surface area contributed by atoms with Crippen LogP contribution < -0.4 is 5.32 Å². The van der Waals surface area contributed by atoms with Gasteiger partial charge in [-0.05, 0) is 73.0 Å². The number of hydrogen-bond acceptors (Lipinski definition) is 2. The van der Waals surface area contributed by atoms with Crippen molar-refractivity contribution in [1.29, 1.82) is 0 Å². The van der Waals surface area contributed by atoms with Crippen LogP contribution in [0.4, 0.5) is 0 Å². The standard InChI is InChI=1S/C26H43NO/c1-17(2)7-6-8-18(3)21-9-10-22-20-16-27-24-15-19(28)11-13-26(24,5)23(20)12-14-25(21,22)4/h15,17-18,20-23,27H,6-14,16H2,1-5H3/t18-,20?,21-,22?,23?,25-,26-/m1/s1. The molecule has 0 radical (unpaired) electrons. The first kappa shape index (κ1) is 20.5. The molecule has 4 aliphatic rings. The molecule has 0 aromatic carbocycles. The number of hydrogen-bond donors (Lipinski definition) is 1. The maximum atomic E-state index is 12.0. The fourth-order valence-corrected chi connectivity index (χ4v) is 8.17. The predicted molar refractivity (Wildman–Crippen MR) is 117 cm³/mol. The van der Waals surface area contributed by atoms with Gasteiger partial charge in [-0.25, -0.2) is 0 Å². The number of fused-ring (bicyclic) bond motifs is 5. The molecular weight excluding hydrogens is 342 g/mol. The van der Waals surface area contributed by atoms with E-state index in [1.54, 1.807) is 0 Å². The molecule has 0 amide bonds. The molecule has 1 N–H and O–H groups in total. The molecule has 28 heavy (non-hydrogen) atoms. The third-order valence-corrected chi connectivity index (χ3v) is 9.80. The number of carbonyl (C=O) groups is 1. The van der Waals surface area contributed by atoms with Gasteiger partial charge in [0.25, 0.3) is 0 Å². The zero-order valence-electron chi connectivity index (χ0n) is 19.0. The topological polar surface area (TPSA) is 29.1 Å². The van der Waals surface area contributed by atoms with Crippen molar-refractivity contribution in [2.45, 2.75) is 92.4 Å². The Bertz CT molecular complexity index is 636. The monoisotopic (exact) mass is 385 g/mol. The largest absolute Gasteiger partial charge is 0.387 e. The maximum Gasteiger partial charge on any atom is 0.157 e. The molecule has 3 fully saturated rings. The summed E-state index contributed by atoms with van der Waals surface area (Å²) < 4.78 is 0. The minimum atomic E-state index is 0.221. The van der Waals surface area contributed by atoms with Crippen LogP contribution in [0.3, 0.4) is 0 Å². The molecule has 0 aromatic heterocycles. The Labute approximate surface area is 173 Å². The lowest BCUT2D eigenvalue weighted by atomic mass is 9.49. The Balaban J connectivity index is 1.49. The van der Waals surface area contributed by atoms with Crippen molar-refractivity contribution < 1.29 is 4.79 Å². The van der Waals surface area contributed by atoms with E-state index in [1.807, 2.05) is 6.08 Å². The first-order chi connectivity index (χ1) is 13.3. The molecule has 3 unspecified atom stereocenters. The Morgan fingerprint density at radius 2 is 1.86 bits per heavy atom.